The van der Waals surface area contributed by atoms with Crippen LogP contribution in [0, 0.1) is 6.92 Å². The highest BCUT2D eigenvalue weighted by molar-refractivity contribution is 5.75. The van der Waals surface area contributed by atoms with Crippen molar-refractivity contribution in [1.29, 1.82) is 0 Å². The maximum Gasteiger partial charge on any atom is 0.349 e. The summed E-state index contributed by atoms with van der Waals surface area (Å²) in [5.74, 6) is 0.500. The molecule has 1 aliphatic heterocycles. The molecule has 1 saturated carbocycles. The van der Waals surface area contributed by atoms with Crippen LogP contribution >= 0.6 is 0 Å². The van der Waals surface area contributed by atoms with Gasteiger partial charge in [0.05, 0.1) is 5.39 Å². The molecule has 1 aliphatic carbocycles. The zero-order chi connectivity index (χ0) is 21.4. The summed E-state index contributed by atoms with van der Waals surface area (Å²) in [5.41, 5.74) is 3.80. The molecule has 8 nitrogen and oxygen atoms in total. The summed E-state index contributed by atoms with van der Waals surface area (Å²) < 4.78 is 1.76. The Morgan fingerprint density at radius 2 is 1.77 bits per heavy atom. The molecule has 0 amide bonds. The van der Waals surface area contributed by atoms with Gasteiger partial charge in [0.15, 0.2) is 5.65 Å². The lowest BCUT2D eigenvalue weighted by Gasteiger charge is -2.34. The minimum atomic E-state index is -0.225. The van der Waals surface area contributed by atoms with E-state index in [-0.39, 0.29) is 11.7 Å². The molecule has 1 N–H and O–H groups in total. The lowest BCUT2D eigenvalue weighted by molar-refractivity contribution is 0.313. The third-order valence-electron chi connectivity index (χ3n) is 6.56. The van der Waals surface area contributed by atoms with Crippen LogP contribution in [0.15, 0.2) is 35.4 Å². The van der Waals surface area contributed by atoms with Crippen molar-refractivity contribution in [3.63, 3.8) is 0 Å². The van der Waals surface area contributed by atoms with Gasteiger partial charge in [0, 0.05) is 56.0 Å². The van der Waals surface area contributed by atoms with Crippen molar-refractivity contribution in [3.8, 4) is 0 Å². The number of hydrogen-bond acceptors (Lipinski definition) is 7. The number of nitrogens with one attached hydrogen (secondary N) is 1. The van der Waals surface area contributed by atoms with Crippen molar-refractivity contribution in [2.45, 2.75) is 38.6 Å². The van der Waals surface area contributed by atoms with E-state index >= 15 is 0 Å². The van der Waals surface area contributed by atoms with E-state index in [0.29, 0.717) is 11.6 Å². The van der Waals surface area contributed by atoms with Crippen LogP contribution in [0.25, 0.3) is 11.0 Å². The normalized spacial score (nSPS) is 18.1. The summed E-state index contributed by atoms with van der Waals surface area (Å²) in [4.78, 5) is 30.5. The zero-order valence-electron chi connectivity index (χ0n) is 18.2. The number of fused-ring (bicyclic) bond motifs is 1. The standard InChI is InChI=1S/C23H29N7O/c1-16-13-19(29-11-9-28(2)10-12-29)7-8-20(16)26-22-24-14-17-15-25-23(31)30(21(17)27-22)18-5-3-4-6-18/h7-8,13-15,18H,3-6,9-12H2,1-2H3,(H,24,26,27). The van der Waals surface area contributed by atoms with Gasteiger partial charge in [-0.3, -0.25) is 4.57 Å². The van der Waals surface area contributed by atoms with E-state index < -0.39 is 0 Å². The minimum Gasteiger partial charge on any atom is -0.369 e. The number of piperazine rings is 1. The number of benzene rings is 1. The molecule has 0 spiro atoms. The number of rotatable bonds is 4. The number of aromatic nitrogens is 4. The quantitative estimate of drug-likeness (QED) is 0.696. The Labute approximate surface area is 181 Å². The Bertz CT molecular complexity index is 1140. The van der Waals surface area contributed by atoms with Gasteiger partial charge in [-0.15, -0.1) is 0 Å². The van der Waals surface area contributed by atoms with Gasteiger partial charge in [-0.25, -0.2) is 14.8 Å². The monoisotopic (exact) mass is 419 g/mol. The molecule has 3 aromatic rings. The number of aryl methyl sites for hydroxylation is 1. The molecule has 0 bridgehead atoms. The van der Waals surface area contributed by atoms with Gasteiger partial charge >= 0.3 is 5.69 Å². The van der Waals surface area contributed by atoms with Gasteiger partial charge in [0.25, 0.3) is 0 Å². The predicted octanol–water partition coefficient (Wildman–Crippen LogP) is 3.11. The molecular formula is C23H29N7O. The van der Waals surface area contributed by atoms with E-state index in [1.807, 2.05) is 0 Å². The summed E-state index contributed by atoms with van der Waals surface area (Å²) in [6, 6.07) is 6.64. The number of likely N-dealkylation sites (N-methyl/N-ethyl adjacent to an activating group) is 1. The fourth-order valence-corrected chi connectivity index (χ4v) is 4.67. The van der Waals surface area contributed by atoms with Crippen LogP contribution in [0.1, 0.15) is 37.3 Å². The molecule has 0 unspecified atom stereocenters. The number of nitrogens with zero attached hydrogens (tertiary/aromatic N) is 6. The van der Waals surface area contributed by atoms with E-state index in [9.17, 15) is 4.79 Å². The average Bonchev–Trinajstić information content (AvgIpc) is 3.30. The molecule has 5 rings (SSSR count). The molecule has 0 radical (unpaired) electrons. The molecule has 1 saturated heterocycles. The Morgan fingerprint density at radius 3 is 2.52 bits per heavy atom. The van der Waals surface area contributed by atoms with Crippen molar-refractivity contribution in [1.82, 2.24) is 24.4 Å². The van der Waals surface area contributed by atoms with E-state index in [1.54, 1.807) is 17.0 Å². The largest absolute Gasteiger partial charge is 0.369 e. The molecule has 162 valence electrons. The highest BCUT2D eigenvalue weighted by Gasteiger charge is 2.21. The van der Waals surface area contributed by atoms with Crippen molar-refractivity contribution in [3.05, 3.63) is 46.6 Å². The summed E-state index contributed by atoms with van der Waals surface area (Å²) in [6.07, 6.45) is 7.60. The lowest BCUT2D eigenvalue weighted by atomic mass is 10.1. The van der Waals surface area contributed by atoms with Gasteiger partial charge < -0.3 is 15.1 Å². The molecule has 0 atom stereocenters. The van der Waals surface area contributed by atoms with Gasteiger partial charge in [0.2, 0.25) is 5.95 Å². The molecule has 2 fully saturated rings. The van der Waals surface area contributed by atoms with Gasteiger partial charge in [-0.2, -0.15) is 4.98 Å². The van der Waals surface area contributed by atoms with Crippen molar-refractivity contribution < 1.29 is 0 Å². The van der Waals surface area contributed by atoms with Crippen LogP contribution in [-0.2, 0) is 0 Å². The molecule has 8 heteroatoms. The van der Waals surface area contributed by atoms with Crippen molar-refractivity contribution in [2.75, 3.05) is 43.4 Å². The minimum absolute atomic E-state index is 0.177. The van der Waals surface area contributed by atoms with E-state index in [1.165, 1.54) is 5.69 Å². The molecular weight excluding hydrogens is 390 g/mol. The molecule has 31 heavy (non-hydrogen) atoms. The fourth-order valence-electron chi connectivity index (χ4n) is 4.67. The first-order chi connectivity index (χ1) is 15.1. The van der Waals surface area contributed by atoms with Crippen molar-refractivity contribution in [2.24, 2.45) is 0 Å². The summed E-state index contributed by atoms with van der Waals surface area (Å²) >= 11 is 0. The topological polar surface area (TPSA) is 79.2 Å². The Balaban J connectivity index is 1.42. The van der Waals surface area contributed by atoms with Crippen LogP contribution < -0.4 is 15.9 Å². The highest BCUT2D eigenvalue weighted by Crippen LogP contribution is 2.30. The molecule has 2 aromatic heterocycles. The average molecular weight is 420 g/mol. The summed E-state index contributed by atoms with van der Waals surface area (Å²) in [7, 11) is 2.17. The third kappa shape index (κ3) is 3.99. The third-order valence-corrected chi connectivity index (χ3v) is 6.56. The second kappa shape index (κ2) is 8.26. The Hall–Kier alpha value is -3.00. The first-order valence-corrected chi connectivity index (χ1v) is 11.1. The number of anilines is 3. The smallest absolute Gasteiger partial charge is 0.349 e. The summed E-state index contributed by atoms with van der Waals surface area (Å²) in [5, 5.41) is 4.14. The predicted molar refractivity (Wildman–Crippen MR) is 123 cm³/mol. The van der Waals surface area contributed by atoms with E-state index in [4.69, 9.17) is 4.98 Å². The van der Waals surface area contributed by atoms with Crippen LogP contribution in [-0.4, -0.2) is 57.6 Å². The Kier molecular flexibility index (Phi) is 5.31. The van der Waals surface area contributed by atoms with Crippen LogP contribution in [0.4, 0.5) is 17.3 Å². The first kappa shape index (κ1) is 19.9. The molecule has 1 aromatic carbocycles. The molecule has 2 aliphatic rings. The van der Waals surface area contributed by atoms with Gasteiger partial charge in [0.1, 0.15) is 0 Å². The fraction of sp³-hybridized carbons (Fsp3) is 0.478. The maximum absolute atomic E-state index is 12.5. The van der Waals surface area contributed by atoms with E-state index in [2.05, 4.69) is 57.3 Å². The van der Waals surface area contributed by atoms with Gasteiger partial charge in [-0.05, 0) is 50.6 Å². The first-order valence-electron chi connectivity index (χ1n) is 11.1. The van der Waals surface area contributed by atoms with E-state index in [0.717, 1.165) is 68.5 Å². The second-order valence-corrected chi connectivity index (χ2v) is 8.74. The number of hydrogen-bond donors (Lipinski definition) is 1. The zero-order valence-corrected chi connectivity index (χ0v) is 18.2. The lowest BCUT2D eigenvalue weighted by Crippen LogP contribution is -2.44. The van der Waals surface area contributed by atoms with Crippen LogP contribution in [0.5, 0.6) is 0 Å². The molecule has 3 heterocycles. The van der Waals surface area contributed by atoms with Crippen LogP contribution in [0.3, 0.4) is 0 Å². The van der Waals surface area contributed by atoms with Crippen LogP contribution in [0.2, 0.25) is 0 Å². The second-order valence-electron chi connectivity index (χ2n) is 8.74. The van der Waals surface area contributed by atoms with Crippen molar-refractivity contribution >= 4 is 28.4 Å². The summed E-state index contributed by atoms with van der Waals surface area (Å²) in [6.45, 7) is 6.36. The van der Waals surface area contributed by atoms with Gasteiger partial charge in [-0.1, -0.05) is 12.8 Å². The maximum atomic E-state index is 12.5. The SMILES string of the molecule is Cc1cc(N2CCN(C)CC2)ccc1Nc1ncc2cnc(=O)n(C3CCCC3)c2n1. The Morgan fingerprint density at radius 1 is 1.03 bits per heavy atom. The highest BCUT2D eigenvalue weighted by atomic mass is 16.1.